The Labute approximate surface area is 166 Å². The first-order chi connectivity index (χ1) is 13.6. The van der Waals surface area contributed by atoms with Gasteiger partial charge in [0.15, 0.2) is 0 Å². The minimum atomic E-state index is -0.401. The van der Waals surface area contributed by atoms with Crippen molar-refractivity contribution >= 4 is 23.4 Å². The Morgan fingerprint density at radius 2 is 1.86 bits per heavy atom. The van der Waals surface area contributed by atoms with Gasteiger partial charge >= 0.3 is 6.09 Å². The van der Waals surface area contributed by atoms with E-state index in [4.69, 9.17) is 4.74 Å². The van der Waals surface area contributed by atoms with Crippen molar-refractivity contribution in [3.05, 3.63) is 60.2 Å². The minimum absolute atomic E-state index is 0.0138. The number of rotatable bonds is 6. The highest BCUT2D eigenvalue weighted by molar-refractivity contribution is 5.95. The van der Waals surface area contributed by atoms with E-state index in [-0.39, 0.29) is 11.9 Å². The SMILES string of the molecule is CCOC(=O)N(C)c1ccc(NC(=O)C2CCCN2Cc2ccccc2)cc1. The summed E-state index contributed by atoms with van der Waals surface area (Å²) in [6.07, 6.45) is 1.48. The van der Waals surface area contributed by atoms with Crippen LogP contribution in [0.25, 0.3) is 0 Å². The van der Waals surface area contributed by atoms with Crippen molar-refractivity contribution in [2.45, 2.75) is 32.4 Å². The van der Waals surface area contributed by atoms with Gasteiger partial charge in [0.1, 0.15) is 0 Å². The molecule has 2 amide bonds. The molecule has 6 heteroatoms. The average Bonchev–Trinajstić information content (AvgIpc) is 3.17. The molecule has 0 spiro atoms. The second kappa shape index (κ2) is 9.37. The molecule has 1 aliphatic rings. The summed E-state index contributed by atoms with van der Waals surface area (Å²) in [4.78, 5) is 28.3. The summed E-state index contributed by atoms with van der Waals surface area (Å²) in [7, 11) is 1.66. The zero-order chi connectivity index (χ0) is 19.9. The van der Waals surface area contributed by atoms with Crippen molar-refractivity contribution in [3.8, 4) is 0 Å². The lowest BCUT2D eigenvalue weighted by atomic mass is 10.1. The number of nitrogens with one attached hydrogen (secondary N) is 1. The maximum absolute atomic E-state index is 12.8. The van der Waals surface area contributed by atoms with Gasteiger partial charge in [-0.05, 0) is 56.1 Å². The first-order valence-corrected chi connectivity index (χ1v) is 9.68. The monoisotopic (exact) mass is 381 g/mol. The van der Waals surface area contributed by atoms with Crippen molar-refractivity contribution in [1.82, 2.24) is 4.90 Å². The van der Waals surface area contributed by atoms with Crippen LogP contribution in [-0.2, 0) is 16.1 Å². The van der Waals surface area contributed by atoms with Gasteiger partial charge < -0.3 is 10.1 Å². The smallest absolute Gasteiger partial charge is 0.413 e. The summed E-state index contributed by atoms with van der Waals surface area (Å²) in [5, 5.41) is 3.00. The maximum atomic E-state index is 12.8. The fourth-order valence-electron chi connectivity index (χ4n) is 3.45. The summed E-state index contributed by atoms with van der Waals surface area (Å²) in [6.45, 7) is 3.81. The molecule has 1 saturated heterocycles. The molecule has 2 aromatic rings. The number of hydrogen-bond donors (Lipinski definition) is 1. The average molecular weight is 381 g/mol. The third kappa shape index (κ3) is 4.89. The highest BCUT2D eigenvalue weighted by Gasteiger charge is 2.30. The molecule has 1 N–H and O–H groups in total. The maximum Gasteiger partial charge on any atom is 0.413 e. The van der Waals surface area contributed by atoms with Crippen LogP contribution in [-0.4, -0.2) is 43.1 Å². The number of benzene rings is 2. The molecule has 1 atom stereocenters. The summed E-state index contributed by atoms with van der Waals surface area (Å²) in [5.41, 5.74) is 2.65. The molecule has 1 heterocycles. The molecular weight excluding hydrogens is 354 g/mol. The number of carbonyl (C=O) groups excluding carboxylic acids is 2. The molecule has 148 valence electrons. The van der Waals surface area contributed by atoms with Gasteiger partial charge in [-0.3, -0.25) is 14.6 Å². The molecular formula is C22H27N3O3. The standard InChI is InChI=1S/C22H27N3O3/c1-3-28-22(27)24(2)19-13-11-18(12-14-19)23-21(26)20-10-7-15-25(20)16-17-8-5-4-6-9-17/h4-6,8-9,11-14,20H,3,7,10,15-16H2,1-2H3,(H,23,26). The van der Waals surface area contributed by atoms with Crippen LogP contribution < -0.4 is 10.2 Å². The summed E-state index contributed by atoms with van der Waals surface area (Å²) in [5.74, 6) is 0.0138. The van der Waals surface area contributed by atoms with Crippen LogP contribution in [0.1, 0.15) is 25.3 Å². The predicted molar refractivity (Wildman–Crippen MR) is 110 cm³/mol. The molecule has 0 aliphatic carbocycles. The summed E-state index contributed by atoms with van der Waals surface area (Å²) in [6, 6.07) is 17.3. The molecule has 3 rings (SSSR count). The zero-order valence-electron chi connectivity index (χ0n) is 16.4. The Morgan fingerprint density at radius 3 is 2.54 bits per heavy atom. The lowest BCUT2D eigenvalue weighted by molar-refractivity contribution is -0.120. The third-order valence-corrected chi connectivity index (χ3v) is 4.96. The second-order valence-electron chi connectivity index (χ2n) is 6.91. The fourth-order valence-corrected chi connectivity index (χ4v) is 3.45. The fraction of sp³-hybridized carbons (Fsp3) is 0.364. The lowest BCUT2D eigenvalue weighted by Gasteiger charge is -2.24. The molecule has 0 bridgehead atoms. The highest BCUT2D eigenvalue weighted by Crippen LogP contribution is 2.23. The zero-order valence-corrected chi connectivity index (χ0v) is 16.4. The largest absolute Gasteiger partial charge is 0.449 e. The Bertz CT molecular complexity index is 792. The Balaban J connectivity index is 1.60. The number of carbonyl (C=O) groups is 2. The number of likely N-dealkylation sites (tertiary alicyclic amines) is 1. The lowest BCUT2D eigenvalue weighted by Crippen LogP contribution is -2.39. The van der Waals surface area contributed by atoms with Gasteiger partial charge in [0.25, 0.3) is 0 Å². The summed E-state index contributed by atoms with van der Waals surface area (Å²) >= 11 is 0. The van der Waals surface area contributed by atoms with E-state index >= 15 is 0 Å². The van der Waals surface area contributed by atoms with Gasteiger partial charge in [-0.25, -0.2) is 4.79 Å². The van der Waals surface area contributed by atoms with E-state index in [9.17, 15) is 9.59 Å². The topological polar surface area (TPSA) is 61.9 Å². The van der Waals surface area contributed by atoms with Crippen molar-refractivity contribution < 1.29 is 14.3 Å². The quantitative estimate of drug-likeness (QED) is 0.825. The van der Waals surface area contributed by atoms with Gasteiger partial charge in [0.05, 0.1) is 12.6 Å². The molecule has 0 saturated carbocycles. The van der Waals surface area contributed by atoms with Crippen LogP contribution in [0.4, 0.5) is 16.2 Å². The molecule has 28 heavy (non-hydrogen) atoms. The van der Waals surface area contributed by atoms with Crippen LogP contribution in [0.15, 0.2) is 54.6 Å². The summed E-state index contributed by atoms with van der Waals surface area (Å²) < 4.78 is 4.99. The van der Waals surface area contributed by atoms with Gasteiger partial charge in [-0.15, -0.1) is 0 Å². The van der Waals surface area contributed by atoms with Crippen molar-refractivity contribution in [2.75, 3.05) is 30.4 Å². The molecule has 0 aromatic heterocycles. The van der Waals surface area contributed by atoms with Crippen molar-refractivity contribution in [1.29, 1.82) is 0 Å². The van der Waals surface area contributed by atoms with E-state index in [1.807, 2.05) is 18.2 Å². The van der Waals surface area contributed by atoms with E-state index in [0.717, 1.165) is 31.6 Å². The predicted octanol–water partition coefficient (Wildman–Crippen LogP) is 3.88. The van der Waals surface area contributed by atoms with Gasteiger partial charge in [0, 0.05) is 25.0 Å². The number of hydrogen-bond acceptors (Lipinski definition) is 4. The molecule has 1 unspecified atom stereocenters. The van der Waals surface area contributed by atoms with Gasteiger partial charge in [0.2, 0.25) is 5.91 Å². The van der Waals surface area contributed by atoms with E-state index in [1.54, 1.807) is 38.2 Å². The number of amides is 2. The van der Waals surface area contributed by atoms with Crippen molar-refractivity contribution in [3.63, 3.8) is 0 Å². The van der Waals surface area contributed by atoms with E-state index in [0.29, 0.717) is 12.3 Å². The highest BCUT2D eigenvalue weighted by atomic mass is 16.6. The van der Waals surface area contributed by atoms with Gasteiger partial charge in [-0.1, -0.05) is 30.3 Å². The van der Waals surface area contributed by atoms with Gasteiger partial charge in [-0.2, -0.15) is 0 Å². The molecule has 6 nitrogen and oxygen atoms in total. The third-order valence-electron chi connectivity index (χ3n) is 4.96. The molecule has 0 radical (unpaired) electrons. The Morgan fingerprint density at radius 1 is 1.14 bits per heavy atom. The Kier molecular flexibility index (Phi) is 6.66. The minimum Gasteiger partial charge on any atom is -0.449 e. The van der Waals surface area contributed by atoms with Crippen molar-refractivity contribution in [2.24, 2.45) is 0 Å². The van der Waals surface area contributed by atoms with Crippen LogP contribution in [0, 0.1) is 0 Å². The van der Waals surface area contributed by atoms with E-state index < -0.39 is 6.09 Å². The Hall–Kier alpha value is -2.86. The second-order valence-corrected chi connectivity index (χ2v) is 6.91. The first kappa shape index (κ1) is 19.9. The number of anilines is 2. The normalized spacial score (nSPS) is 16.6. The molecule has 2 aromatic carbocycles. The van der Waals surface area contributed by atoms with Crippen LogP contribution in [0.2, 0.25) is 0 Å². The van der Waals surface area contributed by atoms with Crippen LogP contribution in [0.3, 0.4) is 0 Å². The number of nitrogens with zero attached hydrogens (tertiary/aromatic N) is 2. The van der Waals surface area contributed by atoms with E-state index in [2.05, 4.69) is 22.3 Å². The molecule has 1 fully saturated rings. The van der Waals surface area contributed by atoms with Crippen LogP contribution in [0.5, 0.6) is 0 Å². The first-order valence-electron chi connectivity index (χ1n) is 9.68. The number of ether oxygens (including phenoxy) is 1. The molecule has 1 aliphatic heterocycles. The van der Waals surface area contributed by atoms with Crippen LogP contribution >= 0.6 is 0 Å². The van der Waals surface area contributed by atoms with E-state index in [1.165, 1.54) is 10.5 Å².